The number of aromatic nitrogens is 2. The van der Waals surface area contributed by atoms with Gasteiger partial charge in [-0.05, 0) is 26.0 Å². The van der Waals surface area contributed by atoms with Gasteiger partial charge < -0.3 is 15.4 Å². The molecule has 0 spiro atoms. The predicted molar refractivity (Wildman–Crippen MR) is 61.1 cm³/mol. The van der Waals surface area contributed by atoms with Gasteiger partial charge in [0.05, 0.1) is 5.69 Å². The molecule has 0 saturated heterocycles. The number of ether oxygens (including phenoxy) is 1. The van der Waals surface area contributed by atoms with E-state index in [1.807, 2.05) is 12.1 Å². The van der Waals surface area contributed by atoms with E-state index < -0.39 is 0 Å². The summed E-state index contributed by atoms with van der Waals surface area (Å²) in [7, 11) is 2.13. The quantitative estimate of drug-likeness (QED) is 0.755. The molecule has 1 saturated carbocycles. The zero-order valence-electron chi connectivity index (χ0n) is 9.59. The standard InChI is InChI=1S/C11H18N4O/c1-15(10-3-4-10)6-7-16-11-5-2-9(8-12)13-14-11/h2,5,10H,3-4,6-8,12H2,1H3. The summed E-state index contributed by atoms with van der Waals surface area (Å²) < 4.78 is 5.50. The van der Waals surface area contributed by atoms with Gasteiger partial charge in [-0.25, -0.2) is 0 Å². The minimum Gasteiger partial charge on any atom is -0.475 e. The summed E-state index contributed by atoms with van der Waals surface area (Å²) in [6.07, 6.45) is 2.64. The molecule has 1 aliphatic rings. The van der Waals surface area contributed by atoms with Gasteiger partial charge in [-0.1, -0.05) is 0 Å². The Hall–Kier alpha value is -1.20. The van der Waals surface area contributed by atoms with E-state index in [-0.39, 0.29) is 0 Å². The molecule has 0 unspecified atom stereocenters. The molecule has 16 heavy (non-hydrogen) atoms. The highest BCUT2D eigenvalue weighted by Crippen LogP contribution is 2.24. The van der Waals surface area contributed by atoms with Crippen LogP contribution in [0.4, 0.5) is 0 Å². The molecule has 88 valence electrons. The summed E-state index contributed by atoms with van der Waals surface area (Å²) in [6.45, 7) is 2.01. The first kappa shape index (κ1) is 11.3. The van der Waals surface area contributed by atoms with Gasteiger partial charge in [0, 0.05) is 25.2 Å². The molecule has 1 heterocycles. The predicted octanol–water partition coefficient (Wildman–Crippen LogP) is 0.408. The van der Waals surface area contributed by atoms with Crippen LogP contribution in [-0.2, 0) is 6.54 Å². The van der Waals surface area contributed by atoms with Gasteiger partial charge in [0.1, 0.15) is 6.61 Å². The van der Waals surface area contributed by atoms with Crippen molar-refractivity contribution in [1.82, 2.24) is 15.1 Å². The summed E-state index contributed by atoms with van der Waals surface area (Å²) in [6, 6.07) is 4.42. The normalized spacial score (nSPS) is 15.4. The van der Waals surface area contributed by atoms with Crippen LogP contribution in [0.15, 0.2) is 12.1 Å². The lowest BCUT2D eigenvalue weighted by atomic mass is 10.4. The summed E-state index contributed by atoms with van der Waals surface area (Å²) in [5, 5.41) is 7.86. The zero-order valence-corrected chi connectivity index (χ0v) is 9.59. The van der Waals surface area contributed by atoms with Crippen LogP contribution in [0, 0.1) is 0 Å². The van der Waals surface area contributed by atoms with Crippen molar-refractivity contribution in [2.24, 2.45) is 5.73 Å². The van der Waals surface area contributed by atoms with Crippen molar-refractivity contribution in [3.63, 3.8) is 0 Å². The van der Waals surface area contributed by atoms with Crippen LogP contribution in [0.5, 0.6) is 5.88 Å². The number of rotatable bonds is 6. The molecule has 0 aromatic carbocycles. The summed E-state index contributed by atoms with van der Waals surface area (Å²) in [5.74, 6) is 0.571. The molecular formula is C11H18N4O. The van der Waals surface area contributed by atoms with Crippen molar-refractivity contribution in [2.75, 3.05) is 20.2 Å². The van der Waals surface area contributed by atoms with E-state index in [4.69, 9.17) is 10.5 Å². The van der Waals surface area contributed by atoms with Crippen LogP contribution in [0.1, 0.15) is 18.5 Å². The van der Waals surface area contributed by atoms with E-state index in [1.165, 1.54) is 12.8 Å². The lowest BCUT2D eigenvalue weighted by Crippen LogP contribution is -2.26. The maximum absolute atomic E-state index is 5.50. The number of nitrogens with two attached hydrogens (primary N) is 1. The van der Waals surface area contributed by atoms with Crippen molar-refractivity contribution in [1.29, 1.82) is 0 Å². The third-order valence-corrected chi connectivity index (χ3v) is 2.77. The Kier molecular flexibility index (Phi) is 3.69. The molecule has 2 N–H and O–H groups in total. The lowest BCUT2D eigenvalue weighted by Gasteiger charge is -2.15. The van der Waals surface area contributed by atoms with Crippen molar-refractivity contribution in [3.8, 4) is 5.88 Å². The van der Waals surface area contributed by atoms with E-state index >= 15 is 0 Å². The average Bonchev–Trinajstić information content (AvgIpc) is 3.14. The fourth-order valence-electron chi connectivity index (χ4n) is 1.53. The fraction of sp³-hybridized carbons (Fsp3) is 0.636. The molecule has 1 aromatic heterocycles. The Labute approximate surface area is 95.6 Å². The third-order valence-electron chi connectivity index (χ3n) is 2.77. The van der Waals surface area contributed by atoms with Crippen LogP contribution in [0.25, 0.3) is 0 Å². The Bertz CT molecular complexity index is 323. The van der Waals surface area contributed by atoms with Gasteiger partial charge in [0.15, 0.2) is 0 Å². The van der Waals surface area contributed by atoms with Gasteiger partial charge in [-0.3, -0.25) is 0 Å². The highest BCUT2D eigenvalue weighted by Gasteiger charge is 2.25. The summed E-state index contributed by atoms with van der Waals surface area (Å²) in [5.41, 5.74) is 6.21. The van der Waals surface area contributed by atoms with Crippen molar-refractivity contribution in [2.45, 2.75) is 25.4 Å². The molecule has 2 rings (SSSR count). The molecule has 0 amide bonds. The zero-order chi connectivity index (χ0) is 11.4. The van der Waals surface area contributed by atoms with E-state index in [2.05, 4.69) is 22.1 Å². The Morgan fingerprint density at radius 3 is 2.81 bits per heavy atom. The molecule has 0 bridgehead atoms. The Balaban J connectivity index is 1.71. The SMILES string of the molecule is CN(CCOc1ccc(CN)nn1)C1CC1. The highest BCUT2D eigenvalue weighted by atomic mass is 16.5. The molecule has 1 aromatic rings. The monoisotopic (exact) mass is 222 g/mol. The highest BCUT2D eigenvalue weighted by molar-refractivity contribution is 5.11. The van der Waals surface area contributed by atoms with E-state index in [1.54, 1.807) is 0 Å². The van der Waals surface area contributed by atoms with E-state index in [0.717, 1.165) is 18.3 Å². The number of nitrogens with zero attached hydrogens (tertiary/aromatic N) is 3. The first-order valence-corrected chi connectivity index (χ1v) is 5.65. The molecule has 5 nitrogen and oxygen atoms in total. The molecule has 1 aliphatic carbocycles. The average molecular weight is 222 g/mol. The number of likely N-dealkylation sites (N-methyl/N-ethyl adjacent to an activating group) is 1. The fourth-order valence-corrected chi connectivity index (χ4v) is 1.53. The maximum atomic E-state index is 5.50. The van der Waals surface area contributed by atoms with Gasteiger partial charge in [-0.2, -0.15) is 5.10 Å². The minimum atomic E-state index is 0.414. The van der Waals surface area contributed by atoms with Crippen LogP contribution < -0.4 is 10.5 Å². The van der Waals surface area contributed by atoms with Gasteiger partial charge >= 0.3 is 0 Å². The Morgan fingerprint density at radius 1 is 1.44 bits per heavy atom. The molecule has 0 radical (unpaired) electrons. The van der Waals surface area contributed by atoms with Gasteiger partial charge in [0.2, 0.25) is 5.88 Å². The number of hydrogen-bond acceptors (Lipinski definition) is 5. The first-order chi connectivity index (χ1) is 7.79. The molecule has 1 fully saturated rings. The van der Waals surface area contributed by atoms with E-state index in [0.29, 0.717) is 19.0 Å². The second-order valence-corrected chi connectivity index (χ2v) is 4.13. The van der Waals surface area contributed by atoms with Crippen molar-refractivity contribution >= 4 is 0 Å². The van der Waals surface area contributed by atoms with Crippen molar-refractivity contribution < 1.29 is 4.74 Å². The topological polar surface area (TPSA) is 64.3 Å². The van der Waals surface area contributed by atoms with Crippen LogP contribution >= 0.6 is 0 Å². The second-order valence-electron chi connectivity index (χ2n) is 4.13. The van der Waals surface area contributed by atoms with Crippen molar-refractivity contribution in [3.05, 3.63) is 17.8 Å². The largest absolute Gasteiger partial charge is 0.475 e. The maximum Gasteiger partial charge on any atom is 0.233 e. The second kappa shape index (κ2) is 5.23. The number of hydrogen-bond donors (Lipinski definition) is 1. The Morgan fingerprint density at radius 2 is 2.25 bits per heavy atom. The van der Waals surface area contributed by atoms with Gasteiger partial charge in [-0.15, -0.1) is 5.10 Å². The van der Waals surface area contributed by atoms with Crippen LogP contribution in [0.2, 0.25) is 0 Å². The smallest absolute Gasteiger partial charge is 0.233 e. The molecular weight excluding hydrogens is 204 g/mol. The molecule has 0 aliphatic heterocycles. The lowest BCUT2D eigenvalue weighted by molar-refractivity contribution is 0.225. The first-order valence-electron chi connectivity index (χ1n) is 5.65. The third kappa shape index (κ3) is 3.15. The van der Waals surface area contributed by atoms with E-state index in [9.17, 15) is 0 Å². The molecule has 5 heteroatoms. The summed E-state index contributed by atoms with van der Waals surface area (Å²) >= 11 is 0. The van der Waals surface area contributed by atoms with Gasteiger partial charge in [0.25, 0.3) is 0 Å². The molecule has 0 atom stereocenters. The van der Waals surface area contributed by atoms with Crippen LogP contribution in [0.3, 0.4) is 0 Å². The van der Waals surface area contributed by atoms with Crippen LogP contribution in [-0.4, -0.2) is 41.3 Å². The minimum absolute atomic E-state index is 0.414. The summed E-state index contributed by atoms with van der Waals surface area (Å²) in [4.78, 5) is 2.32.